The number of carbonyl (C=O) groups excluding carboxylic acids is 3. The fraction of sp³-hybridized carbons (Fsp3) is 0.519. The van der Waals surface area contributed by atoms with Crippen molar-refractivity contribution in [1.82, 2.24) is 10.2 Å². The standard InChI is InChI=1S/C27H35IN2O8/c1-3-4-7-24(33)30(15-19-6-5-10-37-19)21-13-18(27(35)29-8-9-31)14-22(25(21)34)38-26-20(28)11-17(16-32)12-23(26)36-2/h3,11-12,14,16,19,21-22,25,31,34H,1,4-10,13,15H2,2H3,(H,29,35)/t19-,21+,22-,25-/m0/s1. The Bertz CT molecular complexity index is 1040. The van der Waals surface area contributed by atoms with Crippen LogP contribution in [0, 0.1) is 3.57 Å². The molecule has 4 atom stereocenters. The van der Waals surface area contributed by atoms with Crippen LogP contribution in [-0.4, -0.2) is 91.0 Å². The minimum absolute atomic E-state index is 0.0612. The molecule has 10 nitrogen and oxygen atoms in total. The van der Waals surface area contributed by atoms with Crippen LogP contribution in [-0.2, 0) is 14.3 Å². The van der Waals surface area contributed by atoms with Gasteiger partial charge in [0.15, 0.2) is 11.5 Å². The second-order valence-corrected chi connectivity index (χ2v) is 10.3. The molecule has 0 aromatic heterocycles. The summed E-state index contributed by atoms with van der Waals surface area (Å²) < 4.78 is 18.0. The van der Waals surface area contributed by atoms with E-state index in [0.717, 1.165) is 12.8 Å². The van der Waals surface area contributed by atoms with E-state index in [1.807, 2.05) is 22.6 Å². The maximum Gasteiger partial charge on any atom is 0.247 e. The molecule has 1 aromatic carbocycles. The van der Waals surface area contributed by atoms with E-state index in [-0.39, 0.29) is 44.5 Å². The number of benzene rings is 1. The quantitative estimate of drug-likeness (QED) is 0.169. The molecule has 1 aliphatic heterocycles. The molecular formula is C27H35IN2O8. The van der Waals surface area contributed by atoms with Crippen LogP contribution in [0.4, 0.5) is 0 Å². The zero-order valence-electron chi connectivity index (χ0n) is 21.4. The number of allylic oxidation sites excluding steroid dienone is 1. The monoisotopic (exact) mass is 642 g/mol. The molecule has 0 spiro atoms. The van der Waals surface area contributed by atoms with Gasteiger partial charge in [0.05, 0.1) is 29.4 Å². The van der Waals surface area contributed by atoms with Crippen molar-refractivity contribution in [3.05, 3.63) is 45.6 Å². The SMILES string of the molecule is C=CCCC(=O)N(C[C@@H]1CCCO1)[C@@H]1CC(C(=O)NCCO)=C[C@H](Oc2c(I)cc(C=O)cc2OC)[C@H]1O. The van der Waals surface area contributed by atoms with Gasteiger partial charge >= 0.3 is 0 Å². The molecular weight excluding hydrogens is 607 g/mol. The van der Waals surface area contributed by atoms with Gasteiger partial charge in [-0.1, -0.05) is 6.08 Å². The lowest BCUT2D eigenvalue weighted by Crippen LogP contribution is -2.56. The summed E-state index contributed by atoms with van der Waals surface area (Å²) in [4.78, 5) is 39.2. The Morgan fingerprint density at radius 1 is 1.37 bits per heavy atom. The Morgan fingerprint density at radius 2 is 2.16 bits per heavy atom. The van der Waals surface area contributed by atoms with Crippen LogP contribution in [0.1, 0.15) is 42.5 Å². The minimum Gasteiger partial charge on any atom is -0.493 e. The maximum absolute atomic E-state index is 13.3. The molecule has 3 rings (SSSR count). The van der Waals surface area contributed by atoms with Gasteiger partial charge in [0, 0.05) is 43.7 Å². The smallest absolute Gasteiger partial charge is 0.247 e. The molecule has 208 valence electrons. The lowest BCUT2D eigenvalue weighted by atomic mass is 9.87. The van der Waals surface area contributed by atoms with Gasteiger partial charge < -0.3 is 34.6 Å². The molecule has 11 heteroatoms. The molecule has 2 aliphatic rings. The fourth-order valence-electron chi connectivity index (χ4n) is 4.64. The molecule has 0 bridgehead atoms. The van der Waals surface area contributed by atoms with Crippen LogP contribution in [0.25, 0.3) is 0 Å². The highest BCUT2D eigenvalue weighted by Gasteiger charge is 2.41. The average molecular weight is 642 g/mol. The predicted octanol–water partition coefficient (Wildman–Crippen LogP) is 2.00. The number of aliphatic hydroxyl groups is 2. The molecule has 1 saturated heterocycles. The van der Waals surface area contributed by atoms with Gasteiger partial charge in [0.25, 0.3) is 0 Å². The van der Waals surface area contributed by atoms with Crippen LogP contribution in [0.3, 0.4) is 0 Å². The van der Waals surface area contributed by atoms with Crippen molar-refractivity contribution >= 4 is 40.7 Å². The number of aldehydes is 1. The number of ether oxygens (including phenoxy) is 3. The number of aliphatic hydroxyl groups excluding tert-OH is 2. The van der Waals surface area contributed by atoms with Crippen molar-refractivity contribution in [1.29, 1.82) is 0 Å². The lowest BCUT2D eigenvalue weighted by molar-refractivity contribution is -0.140. The average Bonchev–Trinajstić information content (AvgIpc) is 3.44. The number of rotatable bonds is 13. The van der Waals surface area contributed by atoms with Gasteiger partial charge in [0.2, 0.25) is 11.8 Å². The van der Waals surface area contributed by atoms with E-state index < -0.39 is 24.2 Å². The number of carbonyl (C=O) groups is 3. The summed E-state index contributed by atoms with van der Waals surface area (Å²) in [7, 11) is 1.44. The molecule has 0 saturated carbocycles. The molecule has 0 radical (unpaired) electrons. The van der Waals surface area contributed by atoms with E-state index in [1.54, 1.807) is 17.0 Å². The van der Waals surface area contributed by atoms with E-state index in [1.165, 1.54) is 19.3 Å². The molecule has 1 heterocycles. The number of hydrogen-bond acceptors (Lipinski definition) is 8. The van der Waals surface area contributed by atoms with Gasteiger partial charge in [-0.15, -0.1) is 6.58 Å². The van der Waals surface area contributed by atoms with Crippen molar-refractivity contribution in [2.24, 2.45) is 0 Å². The van der Waals surface area contributed by atoms with Crippen LogP contribution < -0.4 is 14.8 Å². The first-order chi connectivity index (χ1) is 18.3. The fourth-order valence-corrected chi connectivity index (χ4v) is 5.39. The summed E-state index contributed by atoms with van der Waals surface area (Å²) in [5, 5.41) is 23.4. The Kier molecular flexibility index (Phi) is 11.6. The second kappa shape index (κ2) is 14.6. The van der Waals surface area contributed by atoms with Gasteiger partial charge in [-0.2, -0.15) is 0 Å². The highest BCUT2D eigenvalue weighted by Crippen LogP contribution is 2.37. The Balaban J connectivity index is 1.99. The highest BCUT2D eigenvalue weighted by molar-refractivity contribution is 14.1. The third-order valence-corrected chi connectivity index (χ3v) is 7.36. The van der Waals surface area contributed by atoms with Gasteiger partial charge in [-0.3, -0.25) is 14.4 Å². The van der Waals surface area contributed by atoms with E-state index >= 15 is 0 Å². The molecule has 1 aliphatic carbocycles. The lowest BCUT2D eigenvalue weighted by Gasteiger charge is -2.41. The van der Waals surface area contributed by atoms with E-state index in [0.29, 0.717) is 45.5 Å². The Hall–Kier alpha value is -2.48. The topological polar surface area (TPSA) is 135 Å². The molecule has 0 unspecified atom stereocenters. The molecule has 2 amide bonds. The number of halogens is 1. The van der Waals surface area contributed by atoms with E-state index in [4.69, 9.17) is 14.2 Å². The van der Waals surface area contributed by atoms with Gasteiger partial charge in [0.1, 0.15) is 18.5 Å². The molecule has 1 fully saturated rings. The van der Waals surface area contributed by atoms with Crippen LogP contribution >= 0.6 is 22.6 Å². The number of nitrogens with zero attached hydrogens (tertiary/aromatic N) is 1. The van der Waals surface area contributed by atoms with Crippen molar-refractivity contribution in [3.8, 4) is 11.5 Å². The third kappa shape index (κ3) is 7.55. The minimum atomic E-state index is -1.18. The molecule has 1 aromatic rings. The van der Waals surface area contributed by atoms with Crippen molar-refractivity contribution in [2.75, 3.05) is 33.4 Å². The van der Waals surface area contributed by atoms with Crippen LogP contribution in [0.5, 0.6) is 11.5 Å². The zero-order chi connectivity index (χ0) is 27.7. The summed E-state index contributed by atoms with van der Waals surface area (Å²) in [6, 6.07) is 2.39. The second-order valence-electron chi connectivity index (χ2n) is 9.18. The number of nitrogens with one attached hydrogen (secondary N) is 1. The largest absolute Gasteiger partial charge is 0.493 e. The Morgan fingerprint density at radius 3 is 2.79 bits per heavy atom. The van der Waals surface area contributed by atoms with E-state index in [9.17, 15) is 24.6 Å². The normalized spacial score (nSPS) is 22.8. The van der Waals surface area contributed by atoms with Crippen molar-refractivity contribution in [2.45, 2.75) is 56.5 Å². The Labute approximate surface area is 236 Å². The number of methoxy groups -OCH3 is 1. The summed E-state index contributed by atoms with van der Waals surface area (Å²) >= 11 is 2.01. The summed E-state index contributed by atoms with van der Waals surface area (Å²) in [5.74, 6) is 0.00513. The summed E-state index contributed by atoms with van der Waals surface area (Å²) in [6.45, 7) is 4.43. The summed E-state index contributed by atoms with van der Waals surface area (Å²) in [6.07, 6.45) is 4.02. The maximum atomic E-state index is 13.3. The number of hydrogen-bond donors (Lipinski definition) is 3. The van der Waals surface area contributed by atoms with Crippen molar-refractivity contribution in [3.63, 3.8) is 0 Å². The first-order valence-corrected chi connectivity index (χ1v) is 13.7. The predicted molar refractivity (Wildman–Crippen MR) is 148 cm³/mol. The van der Waals surface area contributed by atoms with Crippen LogP contribution in [0.2, 0.25) is 0 Å². The number of amides is 2. The molecule has 38 heavy (non-hydrogen) atoms. The zero-order valence-corrected chi connectivity index (χ0v) is 23.6. The first kappa shape index (κ1) is 30.1. The first-order valence-electron chi connectivity index (χ1n) is 12.6. The van der Waals surface area contributed by atoms with Gasteiger partial charge in [-0.05, 0) is 60.1 Å². The van der Waals surface area contributed by atoms with Gasteiger partial charge in [-0.25, -0.2) is 0 Å². The van der Waals surface area contributed by atoms with Crippen LogP contribution in [0.15, 0.2) is 36.4 Å². The van der Waals surface area contributed by atoms with E-state index in [2.05, 4.69) is 11.9 Å². The molecule has 3 N–H and O–H groups in total. The summed E-state index contributed by atoms with van der Waals surface area (Å²) in [5.41, 5.74) is 0.724. The third-order valence-electron chi connectivity index (χ3n) is 6.56. The van der Waals surface area contributed by atoms with Crippen molar-refractivity contribution < 1.29 is 38.8 Å². The highest BCUT2D eigenvalue weighted by atomic mass is 127.